The lowest BCUT2D eigenvalue weighted by atomic mass is 9.97. The average molecular weight is 220 g/mol. The third-order valence-corrected chi connectivity index (χ3v) is 3.49. The molecule has 0 amide bonds. The number of rotatable bonds is 3. The molecule has 3 heteroatoms. The average Bonchev–Trinajstić information content (AvgIpc) is 2.71. The highest BCUT2D eigenvalue weighted by Crippen LogP contribution is 2.23. The van der Waals surface area contributed by atoms with Crippen LogP contribution >= 0.6 is 11.7 Å². The van der Waals surface area contributed by atoms with Crippen LogP contribution in [-0.4, -0.2) is 8.75 Å². The van der Waals surface area contributed by atoms with Crippen molar-refractivity contribution in [2.24, 2.45) is 5.92 Å². The summed E-state index contributed by atoms with van der Waals surface area (Å²) in [7, 11) is 0. The van der Waals surface area contributed by atoms with Crippen molar-refractivity contribution in [2.45, 2.75) is 33.6 Å². The number of benzene rings is 1. The van der Waals surface area contributed by atoms with E-state index >= 15 is 0 Å². The minimum absolute atomic E-state index is 0.720. The number of nitrogens with zero attached hydrogens (tertiary/aromatic N) is 2. The Morgan fingerprint density at radius 1 is 1.27 bits per heavy atom. The van der Waals surface area contributed by atoms with Gasteiger partial charge in [0.15, 0.2) is 0 Å². The first kappa shape index (κ1) is 10.6. The summed E-state index contributed by atoms with van der Waals surface area (Å²) in [6, 6.07) is 4.35. The maximum Gasteiger partial charge on any atom is 0.108 e. The van der Waals surface area contributed by atoms with Crippen LogP contribution in [0.15, 0.2) is 12.1 Å². The lowest BCUT2D eigenvalue weighted by Gasteiger charge is -2.08. The van der Waals surface area contributed by atoms with Crippen molar-refractivity contribution in [1.29, 1.82) is 0 Å². The molecule has 0 saturated heterocycles. The van der Waals surface area contributed by atoms with Crippen LogP contribution in [0.1, 0.15) is 31.4 Å². The second-order valence-electron chi connectivity index (χ2n) is 4.22. The van der Waals surface area contributed by atoms with Gasteiger partial charge in [0, 0.05) is 0 Å². The van der Waals surface area contributed by atoms with Crippen molar-refractivity contribution in [1.82, 2.24) is 8.75 Å². The number of aromatic nitrogens is 2. The first-order valence-electron chi connectivity index (χ1n) is 5.43. The Labute approximate surface area is 94.7 Å². The van der Waals surface area contributed by atoms with Gasteiger partial charge in [-0.15, -0.1) is 0 Å². The van der Waals surface area contributed by atoms with Gasteiger partial charge in [0.05, 0.1) is 11.7 Å². The predicted molar refractivity (Wildman–Crippen MR) is 65.3 cm³/mol. The molecule has 0 aliphatic heterocycles. The van der Waals surface area contributed by atoms with E-state index in [4.69, 9.17) is 0 Å². The SMILES string of the molecule is CCC(C)Cc1ccc(C)c2nsnc12. The summed E-state index contributed by atoms with van der Waals surface area (Å²) in [4.78, 5) is 0. The van der Waals surface area contributed by atoms with Crippen molar-refractivity contribution in [3.8, 4) is 0 Å². The van der Waals surface area contributed by atoms with E-state index < -0.39 is 0 Å². The largest absolute Gasteiger partial charge is 0.173 e. The smallest absolute Gasteiger partial charge is 0.108 e. The van der Waals surface area contributed by atoms with E-state index in [2.05, 4.69) is 41.7 Å². The van der Waals surface area contributed by atoms with E-state index in [0.29, 0.717) is 0 Å². The molecule has 0 radical (unpaired) electrons. The summed E-state index contributed by atoms with van der Waals surface area (Å²) in [5.41, 5.74) is 4.77. The maximum absolute atomic E-state index is 4.40. The molecule has 0 saturated carbocycles. The molecule has 0 aliphatic carbocycles. The van der Waals surface area contributed by atoms with Gasteiger partial charge in [-0.1, -0.05) is 32.4 Å². The first-order chi connectivity index (χ1) is 7.22. The first-order valence-corrected chi connectivity index (χ1v) is 6.16. The Morgan fingerprint density at radius 2 is 2.00 bits per heavy atom. The molecule has 1 aromatic heterocycles. The van der Waals surface area contributed by atoms with Crippen LogP contribution in [-0.2, 0) is 6.42 Å². The van der Waals surface area contributed by atoms with Crippen molar-refractivity contribution in [3.05, 3.63) is 23.3 Å². The van der Waals surface area contributed by atoms with E-state index in [9.17, 15) is 0 Å². The molecule has 1 atom stereocenters. The Morgan fingerprint density at radius 3 is 2.73 bits per heavy atom. The molecule has 15 heavy (non-hydrogen) atoms. The van der Waals surface area contributed by atoms with Crippen LogP contribution < -0.4 is 0 Å². The van der Waals surface area contributed by atoms with Gasteiger partial charge >= 0.3 is 0 Å². The van der Waals surface area contributed by atoms with Crippen LogP contribution in [0, 0.1) is 12.8 Å². The highest BCUT2D eigenvalue weighted by Gasteiger charge is 2.09. The van der Waals surface area contributed by atoms with E-state index in [0.717, 1.165) is 23.4 Å². The molecule has 0 fully saturated rings. The van der Waals surface area contributed by atoms with Gasteiger partial charge in [-0.05, 0) is 30.4 Å². The quantitative estimate of drug-likeness (QED) is 0.790. The summed E-state index contributed by atoms with van der Waals surface area (Å²) in [6.45, 7) is 6.61. The van der Waals surface area contributed by atoms with Gasteiger partial charge < -0.3 is 0 Å². The summed E-state index contributed by atoms with van der Waals surface area (Å²) >= 11 is 1.32. The number of hydrogen-bond acceptors (Lipinski definition) is 3. The normalized spacial score (nSPS) is 13.3. The molecule has 2 nitrogen and oxygen atoms in total. The molecule has 0 N–H and O–H groups in total. The second kappa shape index (κ2) is 4.27. The van der Waals surface area contributed by atoms with E-state index in [1.54, 1.807) is 0 Å². The molecular formula is C12H16N2S. The standard InChI is InChI=1S/C12H16N2S/c1-4-8(2)7-10-6-5-9(3)11-12(10)14-15-13-11/h5-6,8H,4,7H2,1-3H3. The number of fused-ring (bicyclic) bond motifs is 1. The van der Waals surface area contributed by atoms with E-state index in [1.807, 2.05) is 0 Å². The molecule has 1 heterocycles. The highest BCUT2D eigenvalue weighted by atomic mass is 32.1. The predicted octanol–water partition coefficient (Wildman–Crippen LogP) is 3.59. The summed E-state index contributed by atoms with van der Waals surface area (Å²) in [5.74, 6) is 0.720. The summed E-state index contributed by atoms with van der Waals surface area (Å²) in [6.07, 6.45) is 2.33. The monoisotopic (exact) mass is 220 g/mol. The van der Waals surface area contributed by atoms with Gasteiger partial charge in [0.25, 0.3) is 0 Å². The highest BCUT2D eigenvalue weighted by molar-refractivity contribution is 7.00. The molecular weight excluding hydrogens is 204 g/mol. The van der Waals surface area contributed by atoms with E-state index in [1.165, 1.54) is 29.3 Å². The molecule has 0 spiro atoms. The van der Waals surface area contributed by atoms with Gasteiger partial charge in [-0.25, -0.2) is 0 Å². The van der Waals surface area contributed by atoms with Gasteiger partial charge in [0.2, 0.25) is 0 Å². The summed E-state index contributed by atoms with van der Waals surface area (Å²) in [5, 5.41) is 0. The zero-order valence-electron chi connectivity index (χ0n) is 9.45. The zero-order chi connectivity index (χ0) is 10.8. The Balaban J connectivity index is 2.43. The van der Waals surface area contributed by atoms with Crippen molar-refractivity contribution in [3.63, 3.8) is 0 Å². The fourth-order valence-electron chi connectivity index (χ4n) is 1.73. The van der Waals surface area contributed by atoms with Crippen LogP contribution in [0.25, 0.3) is 11.0 Å². The lowest BCUT2D eigenvalue weighted by molar-refractivity contribution is 0.562. The number of aryl methyl sites for hydroxylation is 1. The molecule has 2 aromatic rings. The van der Waals surface area contributed by atoms with Gasteiger partial charge in [-0.2, -0.15) is 8.75 Å². The van der Waals surface area contributed by atoms with E-state index in [-0.39, 0.29) is 0 Å². The maximum atomic E-state index is 4.40. The Kier molecular flexibility index (Phi) is 3.00. The van der Waals surface area contributed by atoms with Crippen molar-refractivity contribution >= 4 is 22.8 Å². The van der Waals surface area contributed by atoms with Gasteiger partial charge in [-0.3, -0.25) is 0 Å². The topological polar surface area (TPSA) is 25.8 Å². The minimum Gasteiger partial charge on any atom is -0.173 e. The fraction of sp³-hybridized carbons (Fsp3) is 0.500. The van der Waals surface area contributed by atoms with Crippen LogP contribution in [0.4, 0.5) is 0 Å². The lowest BCUT2D eigenvalue weighted by Crippen LogP contribution is -1.98. The summed E-state index contributed by atoms with van der Waals surface area (Å²) < 4.78 is 8.74. The minimum atomic E-state index is 0.720. The third-order valence-electron chi connectivity index (χ3n) is 2.97. The van der Waals surface area contributed by atoms with Gasteiger partial charge in [0.1, 0.15) is 11.0 Å². The Bertz CT molecular complexity index is 462. The van der Waals surface area contributed by atoms with Crippen molar-refractivity contribution in [2.75, 3.05) is 0 Å². The third kappa shape index (κ3) is 2.02. The fourth-order valence-corrected chi connectivity index (χ4v) is 2.36. The molecule has 0 aliphatic rings. The second-order valence-corrected chi connectivity index (χ2v) is 4.75. The molecule has 1 unspecified atom stereocenters. The number of hydrogen-bond donors (Lipinski definition) is 0. The van der Waals surface area contributed by atoms with Crippen LogP contribution in [0.3, 0.4) is 0 Å². The molecule has 80 valence electrons. The van der Waals surface area contributed by atoms with Crippen LogP contribution in [0.5, 0.6) is 0 Å². The Hall–Kier alpha value is -0.960. The molecule has 2 rings (SSSR count). The van der Waals surface area contributed by atoms with Crippen LogP contribution in [0.2, 0.25) is 0 Å². The van der Waals surface area contributed by atoms with Crippen molar-refractivity contribution < 1.29 is 0 Å². The molecule has 0 bridgehead atoms. The zero-order valence-corrected chi connectivity index (χ0v) is 10.3. The molecule has 1 aromatic carbocycles.